The number of aromatic nitrogens is 1. The molecule has 1 aromatic heterocycles. The van der Waals surface area contributed by atoms with E-state index in [-0.39, 0.29) is 11.8 Å². The van der Waals surface area contributed by atoms with E-state index < -0.39 is 0 Å². The Morgan fingerprint density at radius 2 is 2.21 bits per heavy atom. The highest BCUT2D eigenvalue weighted by Gasteiger charge is 2.22. The molecule has 1 aromatic rings. The summed E-state index contributed by atoms with van der Waals surface area (Å²) in [4.78, 5) is 27.2. The summed E-state index contributed by atoms with van der Waals surface area (Å²) in [7, 11) is 0. The first kappa shape index (κ1) is 14.0. The second-order valence-electron chi connectivity index (χ2n) is 4.54. The highest BCUT2D eigenvalue weighted by molar-refractivity contribution is 9.10. The molecule has 2 rings (SSSR count). The predicted molar refractivity (Wildman–Crippen MR) is 74.7 cm³/mol. The molecule has 0 aliphatic heterocycles. The lowest BCUT2D eigenvalue weighted by Gasteiger charge is -2.06. The average molecular weight is 326 g/mol. The summed E-state index contributed by atoms with van der Waals surface area (Å²) in [6.07, 6.45) is 4.89. The molecule has 0 atom stereocenters. The van der Waals surface area contributed by atoms with Crippen LogP contribution in [0.4, 0.5) is 0 Å². The van der Waals surface area contributed by atoms with E-state index in [2.05, 4.69) is 31.5 Å². The predicted octanol–water partition coefficient (Wildman–Crippen LogP) is 1.63. The number of carbonyl (C=O) groups excluding carboxylic acids is 2. The van der Waals surface area contributed by atoms with Gasteiger partial charge < -0.3 is 10.6 Å². The van der Waals surface area contributed by atoms with E-state index in [1.807, 2.05) is 0 Å². The topological polar surface area (TPSA) is 71.1 Å². The smallest absolute Gasteiger partial charge is 0.254 e. The first-order valence-corrected chi connectivity index (χ1v) is 7.14. The summed E-state index contributed by atoms with van der Waals surface area (Å²) < 4.78 is 0.527. The fourth-order valence-electron chi connectivity index (χ4n) is 1.63. The molecule has 0 aromatic carbocycles. The van der Waals surface area contributed by atoms with E-state index in [1.54, 1.807) is 18.3 Å². The number of pyridine rings is 1. The molecule has 2 amide bonds. The van der Waals surface area contributed by atoms with Crippen molar-refractivity contribution >= 4 is 27.7 Å². The Hall–Kier alpha value is -1.43. The molecule has 5 nitrogen and oxygen atoms in total. The van der Waals surface area contributed by atoms with Crippen molar-refractivity contribution in [2.45, 2.75) is 31.7 Å². The summed E-state index contributed by atoms with van der Waals surface area (Å²) in [5, 5.41) is 5.69. The van der Waals surface area contributed by atoms with E-state index in [0.29, 0.717) is 35.6 Å². The number of hydrogen-bond acceptors (Lipinski definition) is 3. The standard InChI is InChI=1S/C13H16BrN3O2/c14-12-10(3-1-7-15-12)13(19)16-8-2-4-11(18)17-9-5-6-9/h1,3,7,9H,2,4-6,8H2,(H,16,19)(H,17,18). The number of halogens is 1. The number of rotatable bonds is 6. The molecular weight excluding hydrogens is 310 g/mol. The van der Waals surface area contributed by atoms with Crippen LogP contribution in [-0.4, -0.2) is 29.4 Å². The zero-order chi connectivity index (χ0) is 13.7. The molecule has 1 saturated carbocycles. The van der Waals surface area contributed by atoms with Crippen LogP contribution in [0, 0.1) is 0 Å². The highest BCUT2D eigenvalue weighted by atomic mass is 79.9. The van der Waals surface area contributed by atoms with Gasteiger partial charge in [-0.25, -0.2) is 4.98 Å². The Balaban J connectivity index is 1.66. The largest absolute Gasteiger partial charge is 0.353 e. The van der Waals surface area contributed by atoms with Crippen LogP contribution in [0.1, 0.15) is 36.0 Å². The van der Waals surface area contributed by atoms with Crippen LogP contribution in [-0.2, 0) is 4.79 Å². The maximum atomic E-state index is 11.8. The van der Waals surface area contributed by atoms with Crippen molar-refractivity contribution in [3.8, 4) is 0 Å². The molecule has 19 heavy (non-hydrogen) atoms. The third-order valence-electron chi connectivity index (χ3n) is 2.81. The zero-order valence-corrected chi connectivity index (χ0v) is 12.1. The Kier molecular flexibility index (Phi) is 4.90. The number of amides is 2. The zero-order valence-electron chi connectivity index (χ0n) is 10.5. The van der Waals surface area contributed by atoms with Crippen LogP contribution in [0.5, 0.6) is 0 Å². The molecule has 1 aliphatic carbocycles. The molecule has 0 unspecified atom stereocenters. The third-order valence-corrected chi connectivity index (χ3v) is 3.44. The summed E-state index contributed by atoms with van der Waals surface area (Å²) in [6, 6.07) is 3.81. The van der Waals surface area contributed by atoms with Crippen LogP contribution in [0.3, 0.4) is 0 Å². The quantitative estimate of drug-likeness (QED) is 0.617. The van der Waals surface area contributed by atoms with Gasteiger partial charge in [-0.1, -0.05) is 0 Å². The van der Waals surface area contributed by atoms with Crippen molar-refractivity contribution in [2.24, 2.45) is 0 Å². The molecular formula is C13H16BrN3O2. The van der Waals surface area contributed by atoms with Crippen LogP contribution < -0.4 is 10.6 Å². The van der Waals surface area contributed by atoms with Crippen molar-refractivity contribution in [3.05, 3.63) is 28.5 Å². The lowest BCUT2D eigenvalue weighted by molar-refractivity contribution is -0.121. The average Bonchev–Trinajstić information content (AvgIpc) is 3.19. The van der Waals surface area contributed by atoms with Gasteiger partial charge in [0.1, 0.15) is 4.60 Å². The summed E-state index contributed by atoms with van der Waals surface area (Å²) in [6.45, 7) is 0.484. The number of hydrogen-bond donors (Lipinski definition) is 2. The van der Waals surface area contributed by atoms with E-state index in [0.717, 1.165) is 12.8 Å². The molecule has 1 heterocycles. The maximum absolute atomic E-state index is 11.8. The van der Waals surface area contributed by atoms with Gasteiger partial charge in [-0.15, -0.1) is 0 Å². The molecule has 0 radical (unpaired) electrons. The van der Waals surface area contributed by atoms with E-state index in [1.165, 1.54) is 0 Å². The van der Waals surface area contributed by atoms with Gasteiger partial charge in [0, 0.05) is 25.2 Å². The SMILES string of the molecule is O=C(CCCNC(=O)c1cccnc1Br)NC1CC1. The van der Waals surface area contributed by atoms with Gasteiger partial charge in [0.25, 0.3) is 5.91 Å². The molecule has 2 N–H and O–H groups in total. The van der Waals surface area contributed by atoms with Gasteiger partial charge in [0.05, 0.1) is 5.56 Å². The minimum Gasteiger partial charge on any atom is -0.353 e. The summed E-state index contributed by atoms with van der Waals surface area (Å²) in [5.74, 6) is -0.109. The fraction of sp³-hybridized carbons (Fsp3) is 0.462. The van der Waals surface area contributed by atoms with E-state index in [4.69, 9.17) is 0 Å². The minimum absolute atomic E-state index is 0.0688. The lowest BCUT2D eigenvalue weighted by Crippen LogP contribution is -2.28. The van der Waals surface area contributed by atoms with Crippen LogP contribution in [0.25, 0.3) is 0 Å². The van der Waals surface area contributed by atoms with Crippen LogP contribution >= 0.6 is 15.9 Å². The number of nitrogens with one attached hydrogen (secondary N) is 2. The number of carbonyl (C=O) groups is 2. The normalized spacial score (nSPS) is 13.9. The number of nitrogens with zero attached hydrogens (tertiary/aromatic N) is 1. The lowest BCUT2D eigenvalue weighted by atomic mass is 10.2. The van der Waals surface area contributed by atoms with Gasteiger partial charge in [-0.2, -0.15) is 0 Å². The maximum Gasteiger partial charge on any atom is 0.254 e. The van der Waals surface area contributed by atoms with Crippen molar-refractivity contribution < 1.29 is 9.59 Å². The van der Waals surface area contributed by atoms with Gasteiger partial charge in [-0.3, -0.25) is 9.59 Å². The Morgan fingerprint density at radius 1 is 1.42 bits per heavy atom. The molecule has 6 heteroatoms. The first-order chi connectivity index (χ1) is 9.16. The molecule has 102 valence electrons. The van der Waals surface area contributed by atoms with E-state index in [9.17, 15) is 9.59 Å². The van der Waals surface area contributed by atoms with Crippen molar-refractivity contribution in [1.82, 2.24) is 15.6 Å². The van der Waals surface area contributed by atoms with Crippen molar-refractivity contribution in [2.75, 3.05) is 6.54 Å². The van der Waals surface area contributed by atoms with Gasteiger partial charge in [0.15, 0.2) is 0 Å². The fourth-order valence-corrected chi connectivity index (χ4v) is 2.06. The Bertz CT molecular complexity index is 475. The first-order valence-electron chi connectivity index (χ1n) is 6.35. The third kappa shape index (κ3) is 4.63. The van der Waals surface area contributed by atoms with Crippen LogP contribution in [0.2, 0.25) is 0 Å². The van der Waals surface area contributed by atoms with E-state index >= 15 is 0 Å². The van der Waals surface area contributed by atoms with Gasteiger partial charge >= 0.3 is 0 Å². The Labute approximate surface area is 120 Å². The van der Waals surface area contributed by atoms with Crippen LogP contribution in [0.15, 0.2) is 22.9 Å². The molecule has 1 aliphatic rings. The van der Waals surface area contributed by atoms with Gasteiger partial charge in [0.2, 0.25) is 5.91 Å². The summed E-state index contributed by atoms with van der Waals surface area (Å²) >= 11 is 3.23. The molecule has 0 spiro atoms. The Morgan fingerprint density at radius 3 is 2.89 bits per heavy atom. The van der Waals surface area contributed by atoms with Crippen molar-refractivity contribution in [3.63, 3.8) is 0 Å². The molecule has 1 fully saturated rings. The second kappa shape index (κ2) is 6.65. The second-order valence-corrected chi connectivity index (χ2v) is 5.29. The van der Waals surface area contributed by atoms with Gasteiger partial charge in [-0.05, 0) is 47.3 Å². The highest BCUT2D eigenvalue weighted by Crippen LogP contribution is 2.18. The molecule has 0 saturated heterocycles. The summed E-state index contributed by atoms with van der Waals surface area (Å²) in [5.41, 5.74) is 0.505. The monoisotopic (exact) mass is 325 g/mol. The molecule has 0 bridgehead atoms. The minimum atomic E-state index is -0.178. The van der Waals surface area contributed by atoms with Crippen molar-refractivity contribution in [1.29, 1.82) is 0 Å².